The molecule has 0 fully saturated rings. The summed E-state index contributed by atoms with van der Waals surface area (Å²) in [7, 11) is 5.82. The highest BCUT2D eigenvalue weighted by molar-refractivity contribution is 6.15. The number of esters is 1. The maximum atomic E-state index is 12.9. The van der Waals surface area contributed by atoms with Crippen LogP contribution in [0.15, 0.2) is 30.0 Å². The van der Waals surface area contributed by atoms with Crippen LogP contribution in [-0.4, -0.2) is 46.8 Å². The Balaban J connectivity index is 1.93. The highest BCUT2D eigenvalue weighted by Gasteiger charge is 2.30. The van der Waals surface area contributed by atoms with Crippen LogP contribution in [0.2, 0.25) is 0 Å². The molecule has 1 heterocycles. The molecule has 3 rings (SSSR count). The Kier molecular flexibility index (Phi) is 6.15. The number of Topliss-reactive ketones (excluding diaryl/α,β-unsaturated/α-hetero) is 1. The van der Waals surface area contributed by atoms with Crippen molar-refractivity contribution in [2.24, 2.45) is 0 Å². The largest absolute Gasteiger partial charge is 0.493 e. The van der Waals surface area contributed by atoms with Gasteiger partial charge < -0.3 is 28.4 Å². The molecule has 0 saturated heterocycles. The molecule has 0 bridgehead atoms. The van der Waals surface area contributed by atoms with E-state index in [4.69, 9.17) is 23.7 Å². The minimum Gasteiger partial charge on any atom is -0.493 e. The lowest BCUT2D eigenvalue weighted by Crippen LogP contribution is -2.12. The number of hydrogen-bond acceptors (Lipinski definition) is 8. The predicted octanol–water partition coefficient (Wildman–Crippen LogP) is 3.19. The molecular formula is C22H22O8. The molecule has 158 valence electrons. The zero-order valence-corrected chi connectivity index (χ0v) is 17.4. The summed E-state index contributed by atoms with van der Waals surface area (Å²) in [6.07, 6.45) is 1.60. The van der Waals surface area contributed by atoms with Gasteiger partial charge in [0, 0.05) is 6.07 Å². The van der Waals surface area contributed by atoms with E-state index in [1.807, 2.05) is 0 Å². The Bertz CT molecular complexity index is 997. The first kappa shape index (κ1) is 21.0. The normalized spacial score (nSPS) is 13.5. The molecule has 0 aromatic heterocycles. The van der Waals surface area contributed by atoms with Gasteiger partial charge in [0.1, 0.15) is 11.5 Å². The topological polar surface area (TPSA) is 89.5 Å². The molecule has 0 radical (unpaired) electrons. The monoisotopic (exact) mass is 414 g/mol. The first-order valence-electron chi connectivity index (χ1n) is 9.00. The molecule has 0 spiro atoms. The third kappa shape index (κ3) is 4.03. The van der Waals surface area contributed by atoms with Crippen LogP contribution in [0, 0.1) is 6.92 Å². The molecule has 0 atom stereocenters. The number of ether oxygens (including phenoxy) is 6. The fraction of sp³-hybridized carbons (Fsp3) is 0.273. The Hall–Kier alpha value is -3.68. The molecule has 1 aliphatic heterocycles. The summed E-state index contributed by atoms with van der Waals surface area (Å²) in [4.78, 5) is 24.2. The lowest BCUT2D eigenvalue weighted by Gasteiger charge is -2.13. The molecular weight excluding hydrogens is 392 g/mol. The van der Waals surface area contributed by atoms with E-state index in [1.165, 1.54) is 28.4 Å². The van der Waals surface area contributed by atoms with E-state index in [9.17, 15) is 9.59 Å². The molecule has 0 unspecified atom stereocenters. The van der Waals surface area contributed by atoms with Gasteiger partial charge in [-0.1, -0.05) is 0 Å². The van der Waals surface area contributed by atoms with Gasteiger partial charge in [-0.15, -0.1) is 0 Å². The average Bonchev–Trinajstić information content (AvgIpc) is 3.06. The third-order valence-corrected chi connectivity index (χ3v) is 4.51. The molecule has 0 amide bonds. The van der Waals surface area contributed by atoms with E-state index in [1.54, 1.807) is 37.3 Å². The van der Waals surface area contributed by atoms with Crippen molar-refractivity contribution in [1.82, 2.24) is 0 Å². The summed E-state index contributed by atoms with van der Waals surface area (Å²) in [5.41, 5.74) is 1.75. The fourth-order valence-corrected chi connectivity index (χ4v) is 3.10. The second kappa shape index (κ2) is 8.77. The highest BCUT2D eigenvalue weighted by atomic mass is 16.6. The van der Waals surface area contributed by atoms with Crippen LogP contribution in [0.1, 0.15) is 21.5 Å². The van der Waals surface area contributed by atoms with Crippen molar-refractivity contribution in [2.45, 2.75) is 6.92 Å². The quantitative estimate of drug-likeness (QED) is 0.504. The molecule has 8 nitrogen and oxygen atoms in total. The molecule has 1 aliphatic rings. The van der Waals surface area contributed by atoms with Crippen LogP contribution >= 0.6 is 0 Å². The number of hydrogen-bond donors (Lipinski definition) is 0. The van der Waals surface area contributed by atoms with Crippen LogP contribution in [0.3, 0.4) is 0 Å². The molecule has 0 N–H and O–H groups in total. The molecule has 8 heteroatoms. The first-order valence-corrected chi connectivity index (χ1v) is 9.00. The van der Waals surface area contributed by atoms with Gasteiger partial charge in [-0.05, 0) is 42.3 Å². The van der Waals surface area contributed by atoms with Crippen LogP contribution in [0.5, 0.6) is 28.7 Å². The highest BCUT2D eigenvalue weighted by Crippen LogP contribution is 2.41. The van der Waals surface area contributed by atoms with E-state index in [-0.39, 0.29) is 18.1 Å². The number of ketones is 1. The fourth-order valence-electron chi connectivity index (χ4n) is 3.10. The van der Waals surface area contributed by atoms with E-state index < -0.39 is 5.97 Å². The minimum atomic E-state index is -0.506. The lowest BCUT2D eigenvalue weighted by atomic mass is 10.0. The average molecular weight is 414 g/mol. The van der Waals surface area contributed by atoms with Gasteiger partial charge >= 0.3 is 5.97 Å². The number of carbonyl (C=O) groups is 2. The summed E-state index contributed by atoms with van der Waals surface area (Å²) in [6, 6.07) is 6.67. The summed E-state index contributed by atoms with van der Waals surface area (Å²) in [5.74, 6) is 1.52. The van der Waals surface area contributed by atoms with Crippen LogP contribution in [0.4, 0.5) is 0 Å². The number of methoxy groups -OCH3 is 4. The van der Waals surface area contributed by atoms with E-state index in [2.05, 4.69) is 4.74 Å². The zero-order valence-electron chi connectivity index (χ0n) is 17.4. The van der Waals surface area contributed by atoms with Crippen molar-refractivity contribution in [2.75, 3.05) is 35.0 Å². The number of benzene rings is 2. The number of rotatable bonds is 7. The molecule has 30 heavy (non-hydrogen) atoms. The smallest absolute Gasteiger partial charge is 0.343 e. The number of carbonyl (C=O) groups excluding carboxylic acids is 2. The second-order valence-corrected chi connectivity index (χ2v) is 6.38. The van der Waals surface area contributed by atoms with Crippen molar-refractivity contribution >= 4 is 17.8 Å². The van der Waals surface area contributed by atoms with E-state index in [0.29, 0.717) is 45.4 Å². The van der Waals surface area contributed by atoms with Crippen molar-refractivity contribution < 1.29 is 38.0 Å². The SMILES string of the molecule is COC(=O)COc1cc(C)c2c(c1)O/C(=C\c1cc(OC)c(OC)c(OC)c1)C2=O. The van der Waals surface area contributed by atoms with Gasteiger partial charge in [0.05, 0.1) is 34.0 Å². The van der Waals surface area contributed by atoms with Crippen molar-refractivity contribution in [1.29, 1.82) is 0 Å². The lowest BCUT2D eigenvalue weighted by molar-refractivity contribution is -0.142. The summed E-state index contributed by atoms with van der Waals surface area (Å²) in [6.45, 7) is 1.53. The maximum Gasteiger partial charge on any atom is 0.343 e. The van der Waals surface area contributed by atoms with E-state index in [0.717, 1.165) is 0 Å². The van der Waals surface area contributed by atoms with Gasteiger partial charge in [-0.25, -0.2) is 4.79 Å². The van der Waals surface area contributed by atoms with Gasteiger partial charge in [0.25, 0.3) is 0 Å². The van der Waals surface area contributed by atoms with Crippen molar-refractivity contribution in [3.63, 3.8) is 0 Å². The molecule has 0 aliphatic carbocycles. The number of fused-ring (bicyclic) bond motifs is 1. The first-order chi connectivity index (χ1) is 14.4. The Morgan fingerprint density at radius 2 is 1.67 bits per heavy atom. The maximum absolute atomic E-state index is 12.9. The zero-order chi connectivity index (χ0) is 21.8. The van der Waals surface area contributed by atoms with Crippen LogP contribution < -0.4 is 23.7 Å². The van der Waals surface area contributed by atoms with Gasteiger partial charge in [0.15, 0.2) is 23.9 Å². The summed E-state index contributed by atoms with van der Waals surface area (Å²) >= 11 is 0. The Labute approximate surface area is 173 Å². The minimum absolute atomic E-state index is 0.146. The van der Waals surface area contributed by atoms with Crippen LogP contribution in [-0.2, 0) is 9.53 Å². The molecule has 2 aromatic rings. The van der Waals surface area contributed by atoms with Crippen LogP contribution in [0.25, 0.3) is 6.08 Å². The van der Waals surface area contributed by atoms with Gasteiger partial charge in [0.2, 0.25) is 11.5 Å². The Morgan fingerprint density at radius 3 is 2.23 bits per heavy atom. The molecule has 0 saturated carbocycles. The predicted molar refractivity (Wildman–Crippen MR) is 108 cm³/mol. The van der Waals surface area contributed by atoms with Gasteiger partial charge in [-0.2, -0.15) is 0 Å². The van der Waals surface area contributed by atoms with Crippen molar-refractivity contribution in [3.05, 3.63) is 46.7 Å². The van der Waals surface area contributed by atoms with E-state index >= 15 is 0 Å². The van der Waals surface area contributed by atoms with Gasteiger partial charge in [-0.3, -0.25) is 4.79 Å². The standard InChI is InChI=1S/C22H22O8/c1-12-6-14(29-11-19(23)27-4)10-15-20(12)21(24)16(30-15)7-13-8-17(25-2)22(28-5)18(9-13)26-3/h6-10H,11H2,1-5H3/b16-7-. The summed E-state index contributed by atoms with van der Waals surface area (Å²) in [5, 5.41) is 0. The third-order valence-electron chi connectivity index (χ3n) is 4.51. The number of allylic oxidation sites excluding steroid dienone is 1. The number of aryl methyl sites for hydroxylation is 1. The van der Waals surface area contributed by atoms with Crippen molar-refractivity contribution in [3.8, 4) is 28.7 Å². The Morgan fingerprint density at radius 1 is 1.00 bits per heavy atom. The second-order valence-electron chi connectivity index (χ2n) is 6.38. The summed E-state index contributed by atoms with van der Waals surface area (Å²) < 4.78 is 31.8. The molecule has 2 aromatic carbocycles.